The maximum atomic E-state index is 14.6. The van der Waals surface area contributed by atoms with Gasteiger partial charge in [0, 0.05) is 0 Å². The van der Waals surface area contributed by atoms with Crippen LogP contribution in [0.3, 0.4) is 0 Å². The van der Waals surface area contributed by atoms with Crippen molar-refractivity contribution in [2.24, 2.45) is 0 Å². The standard InChI is InChI=1S/C32H23F2IN9O5/c33-15-6-4-14(5-7-15)26-25(27-23-18(29(46)42-41-27)10-16(34)11-20(23)38-26)28-36-13-37-43(28)12-35-40-19-3-1-2-17-24(19)32(49)44(31(17)48)21-8-9-22(45)39-30(21)47/h1-7,10-11,13,21,25-26,38,40H,8-9,12H2,(H,42,46)(H,39,45,47)/q-1. The third-order valence-corrected chi connectivity index (χ3v) is 10.7. The monoisotopic (exact) mass is 778 g/mol. The van der Waals surface area contributed by atoms with Crippen molar-refractivity contribution in [1.82, 2.24) is 35.2 Å². The molecular weight excluding hydrogens is 755 g/mol. The van der Waals surface area contributed by atoms with E-state index in [1.54, 1.807) is 28.9 Å². The van der Waals surface area contributed by atoms with Crippen LogP contribution in [0.4, 0.5) is 20.2 Å². The van der Waals surface area contributed by atoms with E-state index < -0.39 is 80.3 Å². The molecule has 17 heteroatoms. The molecule has 1 saturated heterocycles. The van der Waals surface area contributed by atoms with Crippen LogP contribution in [0.2, 0.25) is 0 Å². The zero-order valence-electron chi connectivity index (χ0n) is 25.0. The molecule has 4 N–H and O–H groups in total. The molecule has 5 heterocycles. The van der Waals surface area contributed by atoms with Gasteiger partial charge >= 0.3 is 286 Å². The number of hydrogen-bond acceptors (Lipinski definition) is 10. The fourth-order valence-corrected chi connectivity index (χ4v) is 8.49. The van der Waals surface area contributed by atoms with Gasteiger partial charge in [-0.2, -0.15) is 0 Å². The van der Waals surface area contributed by atoms with Gasteiger partial charge in [0.05, 0.1) is 0 Å². The number of piperidine rings is 1. The molecule has 5 aromatic rings. The summed E-state index contributed by atoms with van der Waals surface area (Å²) in [7, 11) is 0. The molecule has 2 aromatic heterocycles. The SMILES string of the molecule is O=C1CCC(N2C(=O)c3cccc(N[I-]Cn4ncnc4C4c5n[nH]c(=O)c6cc(F)cc(c56)NC4c4ccc(F)cc4)c3C2=O)C(=O)N1. The summed E-state index contributed by atoms with van der Waals surface area (Å²) in [5.41, 5.74) is 1.61. The quantitative estimate of drug-likeness (QED) is 0.0732. The number of fused-ring (bicyclic) bond motifs is 1. The van der Waals surface area contributed by atoms with Crippen molar-refractivity contribution in [2.75, 3.05) is 8.85 Å². The summed E-state index contributed by atoms with van der Waals surface area (Å²) < 4.78 is 33.9. The minimum atomic E-state index is -1.09. The number of hydrogen-bond donors (Lipinski definition) is 4. The van der Waals surface area contributed by atoms with Gasteiger partial charge in [0.25, 0.3) is 0 Å². The molecule has 3 aliphatic rings. The van der Waals surface area contributed by atoms with Gasteiger partial charge in [-0.05, 0) is 0 Å². The van der Waals surface area contributed by atoms with E-state index >= 15 is 0 Å². The molecule has 3 aliphatic heterocycles. The first-order chi connectivity index (χ1) is 23.7. The predicted octanol–water partition coefficient (Wildman–Crippen LogP) is -0.434. The number of rotatable bonds is 7. The fourth-order valence-electron chi connectivity index (χ4n) is 6.61. The summed E-state index contributed by atoms with van der Waals surface area (Å²) in [6.45, 7) is 0. The average molecular weight is 778 g/mol. The minimum absolute atomic E-state index is 0.0156. The van der Waals surface area contributed by atoms with Crippen molar-refractivity contribution < 1.29 is 49.4 Å². The number of amides is 4. The number of halogens is 3. The van der Waals surface area contributed by atoms with E-state index in [2.05, 4.69) is 34.4 Å². The molecule has 8 rings (SSSR count). The third kappa shape index (κ3) is 5.11. The number of aromatic amines is 1. The Balaban J connectivity index is 1.10. The summed E-state index contributed by atoms with van der Waals surface area (Å²) in [5, 5.41) is 17.4. The number of benzene rings is 3. The number of alkyl halides is 1. The van der Waals surface area contributed by atoms with Crippen molar-refractivity contribution >= 4 is 45.8 Å². The van der Waals surface area contributed by atoms with Crippen LogP contribution < -0.4 is 41.2 Å². The van der Waals surface area contributed by atoms with E-state index in [0.29, 0.717) is 38.4 Å². The zero-order chi connectivity index (χ0) is 34.0. The topological polar surface area (TPSA) is 184 Å². The van der Waals surface area contributed by atoms with Gasteiger partial charge in [0.2, 0.25) is 0 Å². The first kappa shape index (κ1) is 30.7. The molecule has 0 aliphatic carbocycles. The molecule has 4 amide bonds. The molecule has 49 heavy (non-hydrogen) atoms. The van der Waals surface area contributed by atoms with Crippen molar-refractivity contribution in [1.29, 1.82) is 0 Å². The molecule has 0 spiro atoms. The Bertz CT molecular complexity index is 2290. The second-order valence-corrected chi connectivity index (χ2v) is 13.6. The molecule has 248 valence electrons. The molecule has 1 fully saturated rings. The van der Waals surface area contributed by atoms with Crippen LogP contribution in [0, 0.1) is 11.6 Å². The number of carbonyl (C=O) groups is 4. The first-order valence-corrected chi connectivity index (χ1v) is 17.6. The van der Waals surface area contributed by atoms with Gasteiger partial charge < -0.3 is 0 Å². The molecule has 0 saturated carbocycles. The van der Waals surface area contributed by atoms with Crippen molar-refractivity contribution in [3.05, 3.63) is 111 Å². The van der Waals surface area contributed by atoms with E-state index in [-0.39, 0.29) is 29.4 Å². The molecule has 14 nitrogen and oxygen atoms in total. The number of imide groups is 2. The van der Waals surface area contributed by atoms with Crippen LogP contribution in [0.25, 0.3) is 10.8 Å². The molecular formula is C32H23F2IN9O5-. The number of nitrogens with zero attached hydrogens (tertiary/aromatic N) is 5. The van der Waals surface area contributed by atoms with Gasteiger partial charge in [-0.25, -0.2) is 0 Å². The average Bonchev–Trinajstić information content (AvgIpc) is 3.64. The second-order valence-electron chi connectivity index (χ2n) is 11.6. The Morgan fingerprint density at radius 2 is 1.80 bits per heavy atom. The van der Waals surface area contributed by atoms with Crippen LogP contribution in [0.1, 0.15) is 62.6 Å². The summed E-state index contributed by atoms with van der Waals surface area (Å²) in [5.74, 6) is -3.61. The van der Waals surface area contributed by atoms with Gasteiger partial charge in [0.1, 0.15) is 0 Å². The van der Waals surface area contributed by atoms with E-state index in [4.69, 9.17) is 0 Å². The third-order valence-electron chi connectivity index (χ3n) is 8.78. The summed E-state index contributed by atoms with van der Waals surface area (Å²) in [4.78, 5) is 69.1. The first-order valence-electron chi connectivity index (χ1n) is 15.0. The van der Waals surface area contributed by atoms with E-state index in [1.807, 2.05) is 0 Å². The number of nitrogens with one attached hydrogen (secondary N) is 4. The Labute approximate surface area is 284 Å². The second kappa shape index (κ2) is 11.8. The van der Waals surface area contributed by atoms with Crippen molar-refractivity contribution in [3.8, 4) is 0 Å². The number of aromatic nitrogens is 5. The van der Waals surface area contributed by atoms with E-state index in [9.17, 15) is 32.8 Å². The van der Waals surface area contributed by atoms with Gasteiger partial charge in [-0.3, -0.25) is 0 Å². The van der Waals surface area contributed by atoms with Crippen molar-refractivity contribution in [3.63, 3.8) is 0 Å². The summed E-state index contributed by atoms with van der Waals surface area (Å²) in [6.07, 6.45) is 1.44. The Kier molecular flexibility index (Phi) is 7.42. The normalized spacial score (nSPS) is 20.0. The van der Waals surface area contributed by atoms with Gasteiger partial charge in [-0.15, -0.1) is 0 Å². The molecule has 3 atom stereocenters. The number of H-pyrrole nitrogens is 1. The van der Waals surface area contributed by atoms with Crippen LogP contribution in [0.5, 0.6) is 0 Å². The fraction of sp³-hybridized carbons (Fsp3) is 0.188. The van der Waals surface area contributed by atoms with Crippen LogP contribution in [-0.2, 0) is 14.1 Å². The van der Waals surface area contributed by atoms with E-state index in [1.165, 1.54) is 30.6 Å². The molecule has 0 radical (unpaired) electrons. The zero-order valence-corrected chi connectivity index (χ0v) is 27.2. The van der Waals surface area contributed by atoms with Crippen molar-refractivity contribution in [2.45, 2.75) is 35.4 Å². The maximum absolute atomic E-state index is 14.6. The van der Waals surface area contributed by atoms with Crippen LogP contribution in [0.15, 0.2) is 65.7 Å². The Morgan fingerprint density at radius 3 is 2.59 bits per heavy atom. The Morgan fingerprint density at radius 1 is 0.980 bits per heavy atom. The predicted molar refractivity (Wildman–Crippen MR) is 164 cm³/mol. The summed E-state index contributed by atoms with van der Waals surface area (Å²) in [6, 6.07) is 11.4. The Hall–Kier alpha value is -5.59. The molecule has 3 aromatic carbocycles. The molecule has 0 bridgehead atoms. The van der Waals surface area contributed by atoms with Crippen LogP contribution in [-0.4, -0.2) is 59.5 Å². The number of carbonyl (C=O) groups excluding carboxylic acids is 4. The van der Waals surface area contributed by atoms with Gasteiger partial charge in [0.15, 0.2) is 0 Å². The summed E-state index contributed by atoms with van der Waals surface area (Å²) >= 11 is -1.01. The van der Waals surface area contributed by atoms with Crippen LogP contribution >= 0.6 is 0 Å². The molecule has 3 unspecified atom stereocenters. The number of anilines is 2. The van der Waals surface area contributed by atoms with Gasteiger partial charge in [-0.1, -0.05) is 0 Å². The van der Waals surface area contributed by atoms with E-state index in [0.717, 1.165) is 11.0 Å².